The summed E-state index contributed by atoms with van der Waals surface area (Å²) in [5.41, 5.74) is 3.05. The van der Waals surface area contributed by atoms with Crippen molar-refractivity contribution >= 4 is 29.4 Å². The topological polar surface area (TPSA) is 76.0 Å². The van der Waals surface area contributed by atoms with E-state index >= 15 is 0 Å². The van der Waals surface area contributed by atoms with Crippen LogP contribution in [0.3, 0.4) is 0 Å². The first-order chi connectivity index (χ1) is 11.7. The Kier molecular flexibility index (Phi) is 5.20. The Morgan fingerprint density at radius 1 is 1.21 bits per heavy atom. The van der Waals surface area contributed by atoms with Gasteiger partial charge in [0.25, 0.3) is 0 Å². The van der Waals surface area contributed by atoms with Gasteiger partial charge in [0, 0.05) is 30.0 Å². The quantitative estimate of drug-likeness (QED) is 0.843. The van der Waals surface area contributed by atoms with Gasteiger partial charge in [-0.1, -0.05) is 37.3 Å². The van der Waals surface area contributed by atoms with Gasteiger partial charge in [0.05, 0.1) is 5.69 Å². The normalized spacial score (nSPS) is 12.7. The lowest BCUT2D eigenvalue weighted by atomic mass is 10.2. The predicted molar refractivity (Wildman–Crippen MR) is 94.4 cm³/mol. The van der Waals surface area contributed by atoms with Gasteiger partial charge in [0.15, 0.2) is 0 Å². The molecular formula is C17H20N4O2S. The van der Waals surface area contributed by atoms with E-state index in [4.69, 9.17) is 0 Å². The number of hydrogen-bond acceptors (Lipinski definition) is 4. The lowest BCUT2D eigenvalue weighted by molar-refractivity contribution is -0.122. The minimum atomic E-state index is -0.125. The van der Waals surface area contributed by atoms with Gasteiger partial charge in [-0.05, 0) is 5.56 Å². The van der Waals surface area contributed by atoms with Gasteiger partial charge in [0.1, 0.15) is 12.4 Å². The second-order valence-electron chi connectivity index (χ2n) is 5.59. The summed E-state index contributed by atoms with van der Waals surface area (Å²) < 4.78 is 1.61. The Bertz CT molecular complexity index is 743. The maximum absolute atomic E-state index is 12.2. The Morgan fingerprint density at radius 2 is 2.00 bits per heavy atom. The van der Waals surface area contributed by atoms with Gasteiger partial charge >= 0.3 is 0 Å². The van der Waals surface area contributed by atoms with Crippen molar-refractivity contribution in [2.45, 2.75) is 37.9 Å². The van der Waals surface area contributed by atoms with E-state index in [9.17, 15) is 9.59 Å². The first kappa shape index (κ1) is 16.6. The fraction of sp³-hybridized carbons (Fsp3) is 0.353. The second kappa shape index (κ2) is 7.53. The lowest BCUT2D eigenvalue weighted by Crippen LogP contribution is -2.28. The van der Waals surface area contributed by atoms with Gasteiger partial charge in [-0.3, -0.25) is 9.59 Å². The molecule has 2 N–H and O–H groups in total. The molecule has 0 fully saturated rings. The molecule has 1 aliphatic rings. The molecule has 0 saturated carbocycles. The van der Waals surface area contributed by atoms with Crippen LogP contribution in [0.1, 0.15) is 30.2 Å². The van der Waals surface area contributed by atoms with E-state index < -0.39 is 0 Å². The van der Waals surface area contributed by atoms with Crippen molar-refractivity contribution in [2.75, 3.05) is 5.32 Å². The van der Waals surface area contributed by atoms with Crippen LogP contribution in [0.25, 0.3) is 0 Å². The molecule has 7 heteroatoms. The highest BCUT2D eigenvalue weighted by molar-refractivity contribution is 7.98. The third kappa shape index (κ3) is 3.79. The van der Waals surface area contributed by atoms with Crippen LogP contribution >= 0.6 is 11.8 Å². The third-order valence-electron chi connectivity index (χ3n) is 3.82. The third-order valence-corrected chi connectivity index (χ3v) is 4.79. The molecule has 1 aliphatic heterocycles. The van der Waals surface area contributed by atoms with Gasteiger partial charge < -0.3 is 10.6 Å². The average molecular weight is 344 g/mol. The summed E-state index contributed by atoms with van der Waals surface area (Å²) in [7, 11) is 0. The van der Waals surface area contributed by atoms with Crippen LogP contribution in [0, 0.1) is 0 Å². The Hall–Kier alpha value is -2.28. The monoisotopic (exact) mass is 344 g/mol. The van der Waals surface area contributed by atoms with Crippen molar-refractivity contribution in [3.05, 3.63) is 47.2 Å². The number of rotatable bonds is 6. The maximum atomic E-state index is 12.2. The number of carbonyl (C=O) groups is 2. The molecule has 0 saturated heterocycles. The standard InChI is InChI=1S/C17H20N4O2S/c1-2-15(22)19-17-13-10-24-11-14(13)20-21(17)9-16(23)18-8-12-6-4-3-5-7-12/h3-7H,2,8-11H2,1H3,(H,18,23)(H,19,22). The van der Waals surface area contributed by atoms with Crippen LogP contribution in [0.2, 0.25) is 0 Å². The van der Waals surface area contributed by atoms with Crippen LogP contribution in [0.15, 0.2) is 30.3 Å². The fourth-order valence-corrected chi connectivity index (χ4v) is 3.56. The molecule has 2 amide bonds. The van der Waals surface area contributed by atoms with Gasteiger partial charge in [-0.25, -0.2) is 4.68 Å². The molecule has 0 spiro atoms. The first-order valence-electron chi connectivity index (χ1n) is 7.94. The van der Waals surface area contributed by atoms with Crippen LogP contribution in [-0.4, -0.2) is 21.6 Å². The van der Waals surface area contributed by atoms with Gasteiger partial charge in [-0.2, -0.15) is 16.9 Å². The smallest absolute Gasteiger partial charge is 0.242 e. The highest BCUT2D eigenvalue weighted by atomic mass is 32.2. The van der Waals surface area contributed by atoms with Crippen molar-refractivity contribution in [1.82, 2.24) is 15.1 Å². The number of thioether (sulfide) groups is 1. The summed E-state index contributed by atoms with van der Waals surface area (Å²) in [5, 5.41) is 10.3. The number of nitrogens with zero attached hydrogens (tertiary/aromatic N) is 2. The molecule has 2 heterocycles. The average Bonchev–Trinajstić information content (AvgIpc) is 3.17. The fourth-order valence-electron chi connectivity index (χ4n) is 2.53. The molecule has 1 aromatic heterocycles. The van der Waals surface area contributed by atoms with Crippen molar-refractivity contribution in [1.29, 1.82) is 0 Å². The number of aromatic nitrogens is 2. The zero-order valence-electron chi connectivity index (χ0n) is 13.5. The number of amides is 2. The molecule has 0 bridgehead atoms. The van der Waals surface area contributed by atoms with Crippen LogP contribution in [0.5, 0.6) is 0 Å². The molecule has 6 nitrogen and oxygen atoms in total. The molecule has 24 heavy (non-hydrogen) atoms. The molecule has 3 rings (SSSR count). The van der Waals surface area contributed by atoms with E-state index in [1.807, 2.05) is 30.3 Å². The highest BCUT2D eigenvalue weighted by Crippen LogP contribution is 2.34. The number of nitrogens with one attached hydrogen (secondary N) is 2. The first-order valence-corrected chi connectivity index (χ1v) is 9.09. The SMILES string of the molecule is CCC(=O)Nc1c2c(nn1CC(=O)NCc1ccccc1)CSC2. The van der Waals surface area contributed by atoms with Crippen molar-refractivity contribution in [2.24, 2.45) is 0 Å². The molecule has 0 unspecified atom stereocenters. The molecule has 1 aromatic carbocycles. The molecule has 2 aromatic rings. The van der Waals surface area contributed by atoms with E-state index in [-0.39, 0.29) is 18.4 Å². The summed E-state index contributed by atoms with van der Waals surface area (Å²) in [4.78, 5) is 24.0. The number of anilines is 1. The number of fused-ring (bicyclic) bond motifs is 1. The molecule has 0 radical (unpaired) electrons. The minimum Gasteiger partial charge on any atom is -0.350 e. The van der Waals surface area contributed by atoms with Crippen molar-refractivity contribution in [3.63, 3.8) is 0 Å². The maximum Gasteiger partial charge on any atom is 0.242 e. The van der Waals surface area contributed by atoms with Gasteiger partial charge in [-0.15, -0.1) is 0 Å². The van der Waals surface area contributed by atoms with Crippen LogP contribution in [0.4, 0.5) is 5.82 Å². The molecule has 126 valence electrons. The molecular weight excluding hydrogens is 324 g/mol. The predicted octanol–water partition coefficient (Wildman–Crippen LogP) is 2.29. The number of hydrogen-bond donors (Lipinski definition) is 2. The largest absolute Gasteiger partial charge is 0.350 e. The van der Waals surface area contributed by atoms with E-state index in [0.29, 0.717) is 18.8 Å². The molecule has 0 atom stereocenters. The van der Waals surface area contributed by atoms with E-state index in [0.717, 1.165) is 28.3 Å². The van der Waals surface area contributed by atoms with Crippen LogP contribution in [-0.2, 0) is 34.2 Å². The van der Waals surface area contributed by atoms with E-state index in [1.165, 1.54) is 0 Å². The number of benzene rings is 1. The summed E-state index contributed by atoms with van der Waals surface area (Å²) in [6, 6.07) is 9.75. The van der Waals surface area contributed by atoms with Crippen molar-refractivity contribution in [3.8, 4) is 0 Å². The van der Waals surface area contributed by atoms with E-state index in [1.54, 1.807) is 23.4 Å². The second-order valence-corrected chi connectivity index (χ2v) is 6.57. The summed E-state index contributed by atoms with van der Waals surface area (Å²) in [6.45, 7) is 2.38. The minimum absolute atomic E-state index is 0.0689. The van der Waals surface area contributed by atoms with Crippen LogP contribution < -0.4 is 10.6 Å². The summed E-state index contributed by atoms with van der Waals surface area (Å²) >= 11 is 1.77. The highest BCUT2D eigenvalue weighted by Gasteiger charge is 2.24. The summed E-state index contributed by atoms with van der Waals surface area (Å²) in [5.74, 6) is 2.11. The van der Waals surface area contributed by atoms with E-state index in [2.05, 4.69) is 15.7 Å². The zero-order chi connectivity index (χ0) is 16.9. The Labute approximate surface area is 145 Å². The molecule has 0 aliphatic carbocycles. The Morgan fingerprint density at radius 3 is 2.75 bits per heavy atom. The Balaban J connectivity index is 1.68. The van der Waals surface area contributed by atoms with Gasteiger partial charge in [0.2, 0.25) is 11.8 Å². The summed E-state index contributed by atoms with van der Waals surface area (Å²) in [6.07, 6.45) is 0.396. The lowest BCUT2D eigenvalue weighted by Gasteiger charge is -2.11. The zero-order valence-corrected chi connectivity index (χ0v) is 14.4. The van der Waals surface area contributed by atoms with Crippen molar-refractivity contribution < 1.29 is 9.59 Å². The number of carbonyl (C=O) groups excluding carboxylic acids is 2.